The van der Waals surface area contributed by atoms with Crippen LogP contribution in [0, 0.1) is 11.6 Å². The van der Waals surface area contributed by atoms with E-state index in [0.717, 1.165) is 12.1 Å². The molecule has 0 atom stereocenters. The molecule has 0 bridgehead atoms. The first-order valence-electron chi connectivity index (χ1n) is 7.87. The molecule has 0 fully saturated rings. The number of amides is 1. The maximum Gasteiger partial charge on any atom is 0.257 e. The first kappa shape index (κ1) is 18.3. The molecule has 1 amide bonds. The number of methoxy groups -OCH3 is 1. The molecule has 9 heteroatoms. The van der Waals surface area contributed by atoms with Gasteiger partial charge < -0.3 is 19.3 Å². The van der Waals surface area contributed by atoms with Crippen molar-refractivity contribution in [3.8, 4) is 11.5 Å². The van der Waals surface area contributed by atoms with E-state index in [4.69, 9.17) is 14.0 Å². The molecule has 0 saturated heterocycles. The standard InChI is InChI=1S/C18H15F2N3O4/c1-25-11-5-7-12(8-6-11)26-10-15-22-16(27-23-15)9-21-18(24)17-13(19)3-2-4-14(17)20/h2-8H,9-10H2,1H3,(H,21,24). The summed E-state index contributed by atoms with van der Waals surface area (Å²) in [5.41, 5.74) is -0.667. The lowest BCUT2D eigenvalue weighted by molar-refractivity contribution is 0.0937. The normalized spacial score (nSPS) is 10.5. The van der Waals surface area contributed by atoms with E-state index in [0.29, 0.717) is 11.5 Å². The van der Waals surface area contributed by atoms with Crippen molar-refractivity contribution < 1.29 is 27.6 Å². The molecule has 0 aliphatic heterocycles. The van der Waals surface area contributed by atoms with Gasteiger partial charge in [0.1, 0.15) is 28.7 Å². The van der Waals surface area contributed by atoms with Gasteiger partial charge in [0.25, 0.3) is 5.91 Å². The van der Waals surface area contributed by atoms with Crippen LogP contribution < -0.4 is 14.8 Å². The van der Waals surface area contributed by atoms with Gasteiger partial charge in [-0.05, 0) is 36.4 Å². The summed E-state index contributed by atoms with van der Waals surface area (Å²) in [6.07, 6.45) is 0. The van der Waals surface area contributed by atoms with E-state index in [2.05, 4.69) is 15.5 Å². The predicted octanol–water partition coefficient (Wildman–Crippen LogP) is 2.87. The second kappa shape index (κ2) is 8.26. The molecule has 140 valence electrons. The highest BCUT2D eigenvalue weighted by molar-refractivity contribution is 5.94. The fourth-order valence-electron chi connectivity index (χ4n) is 2.20. The van der Waals surface area contributed by atoms with Gasteiger partial charge in [-0.2, -0.15) is 4.98 Å². The number of ether oxygens (including phenoxy) is 2. The minimum absolute atomic E-state index is 0.0473. The summed E-state index contributed by atoms with van der Waals surface area (Å²) < 4.78 is 42.7. The van der Waals surface area contributed by atoms with Crippen molar-refractivity contribution >= 4 is 5.91 Å². The van der Waals surface area contributed by atoms with E-state index in [1.54, 1.807) is 31.4 Å². The molecule has 1 aromatic heterocycles. The van der Waals surface area contributed by atoms with Gasteiger partial charge in [0.15, 0.2) is 6.61 Å². The Labute approximate surface area is 152 Å². The fourth-order valence-corrected chi connectivity index (χ4v) is 2.20. The first-order valence-corrected chi connectivity index (χ1v) is 7.87. The molecule has 3 aromatic rings. The van der Waals surface area contributed by atoms with E-state index in [9.17, 15) is 13.6 Å². The van der Waals surface area contributed by atoms with Crippen LogP contribution in [0.3, 0.4) is 0 Å². The molecule has 0 aliphatic carbocycles. The zero-order valence-corrected chi connectivity index (χ0v) is 14.2. The van der Waals surface area contributed by atoms with Crippen molar-refractivity contribution in [1.29, 1.82) is 0 Å². The van der Waals surface area contributed by atoms with Gasteiger partial charge in [0, 0.05) is 0 Å². The monoisotopic (exact) mass is 375 g/mol. The van der Waals surface area contributed by atoms with Crippen LogP contribution in [0.25, 0.3) is 0 Å². The summed E-state index contributed by atoms with van der Waals surface area (Å²) in [7, 11) is 1.57. The zero-order chi connectivity index (χ0) is 19.2. The Morgan fingerprint density at radius 2 is 1.78 bits per heavy atom. The second-order valence-electron chi connectivity index (χ2n) is 5.35. The van der Waals surface area contributed by atoms with Crippen LogP contribution >= 0.6 is 0 Å². The number of carbonyl (C=O) groups excluding carboxylic acids is 1. The predicted molar refractivity (Wildman–Crippen MR) is 89.2 cm³/mol. The number of rotatable bonds is 7. The van der Waals surface area contributed by atoms with Crippen molar-refractivity contribution in [2.45, 2.75) is 13.2 Å². The average molecular weight is 375 g/mol. The lowest BCUT2D eigenvalue weighted by Gasteiger charge is -2.05. The maximum atomic E-state index is 13.6. The summed E-state index contributed by atoms with van der Waals surface area (Å²) in [5.74, 6) is -1.20. The maximum absolute atomic E-state index is 13.6. The van der Waals surface area contributed by atoms with E-state index in [1.807, 2.05) is 0 Å². The molecule has 0 saturated carbocycles. The van der Waals surface area contributed by atoms with Crippen LogP contribution in [0.4, 0.5) is 8.78 Å². The Bertz CT molecular complexity index is 908. The van der Waals surface area contributed by atoms with Crippen LogP contribution in [0.2, 0.25) is 0 Å². The minimum atomic E-state index is -0.952. The Balaban J connectivity index is 1.54. The van der Waals surface area contributed by atoms with Crippen LogP contribution in [0.5, 0.6) is 11.5 Å². The molecule has 0 aliphatic rings. The number of carbonyl (C=O) groups is 1. The van der Waals surface area contributed by atoms with E-state index >= 15 is 0 Å². The highest BCUT2D eigenvalue weighted by atomic mass is 19.1. The molecule has 0 unspecified atom stereocenters. The summed E-state index contributed by atoms with van der Waals surface area (Å²) in [6, 6.07) is 10.1. The summed E-state index contributed by atoms with van der Waals surface area (Å²) in [5, 5.41) is 6.04. The average Bonchev–Trinajstić information content (AvgIpc) is 3.13. The van der Waals surface area contributed by atoms with Crippen LogP contribution in [0.1, 0.15) is 22.1 Å². The van der Waals surface area contributed by atoms with Crippen LogP contribution in [-0.4, -0.2) is 23.2 Å². The Kier molecular flexibility index (Phi) is 5.60. The van der Waals surface area contributed by atoms with Gasteiger partial charge in [-0.1, -0.05) is 11.2 Å². The first-order chi connectivity index (χ1) is 13.1. The third kappa shape index (κ3) is 4.57. The number of hydrogen-bond acceptors (Lipinski definition) is 6. The quantitative estimate of drug-likeness (QED) is 0.683. The number of benzene rings is 2. The Morgan fingerprint density at radius 3 is 2.44 bits per heavy atom. The van der Waals surface area contributed by atoms with E-state index in [1.165, 1.54) is 6.07 Å². The Hall–Kier alpha value is -3.49. The molecular formula is C18H15F2N3O4. The molecule has 1 N–H and O–H groups in total. The second-order valence-corrected chi connectivity index (χ2v) is 5.35. The number of nitrogens with one attached hydrogen (secondary N) is 1. The van der Waals surface area contributed by atoms with Gasteiger partial charge >= 0.3 is 0 Å². The molecule has 27 heavy (non-hydrogen) atoms. The highest BCUT2D eigenvalue weighted by Gasteiger charge is 2.17. The van der Waals surface area contributed by atoms with Crippen LogP contribution in [-0.2, 0) is 13.2 Å². The molecule has 0 radical (unpaired) electrons. The number of hydrogen-bond donors (Lipinski definition) is 1. The third-order valence-corrected chi connectivity index (χ3v) is 3.53. The van der Waals surface area contributed by atoms with Gasteiger partial charge in [-0.15, -0.1) is 0 Å². The van der Waals surface area contributed by atoms with E-state index in [-0.39, 0.29) is 24.9 Å². The number of halogens is 2. The van der Waals surface area contributed by atoms with Crippen molar-refractivity contribution in [2.24, 2.45) is 0 Å². The molecule has 7 nitrogen and oxygen atoms in total. The van der Waals surface area contributed by atoms with Gasteiger partial charge in [-0.25, -0.2) is 8.78 Å². The lowest BCUT2D eigenvalue weighted by Crippen LogP contribution is -2.25. The van der Waals surface area contributed by atoms with Crippen molar-refractivity contribution in [1.82, 2.24) is 15.5 Å². The minimum Gasteiger partial charge on any atom is -0.497 e. The molecular weight excluding hydrogens is 360 g/mol. The summed E-state index contributed by atoms with van der Waals surface area (Å²) in [4.78, 5) is 16.0. The van der Waals surface area contributed by atoms with Crippen molar-refractivity contribution in [3.05, 3.63) is 71.4 Å². The van der Waals surface area contributed by atoms with Gasteiger partial charge in [0.2, 0.25) is 11.7 Å². The largest absolute Gasteiger partial charge is 0.497 e. The molecule has 3 rings (SSSR count). The number of nitrogens with zero attached hydrogens (tertiary/aromatic N) is 2. The smallest absolute Gasteiger partial charge is 0.257 e. The fraction of sp³-hybridized carbons (Fsp3) is 0.167. The van der Waals surface area contributed by atoms with E-state index < -0.39 is 23.1 Å². The van der Waals surface area contributed by atoms with Gasteiger partial charge in [0.05, 0.1) is 13.7 Å². The molecule has 0 spiro atoms. The summed E-state index contributed by atoms with van der Waals surface area (Å²) in [6.45, 7) is -0.131. The van der Waals surface area contributed by atoms with Gasteiger partial charge in [-0.3, -0.25) is 4.79 Å². The van der Waals surface area contributed by atoms with Crippen LogP contribution in [0.15, 0.2) is 47.0 Å². The molecule has 1 heterocycles. The third-order valence-electron chi connectivity index (χ3n) is 3.53. The highest BCUT2D eigenvalue weighted by Crippen LogP contribution is 2.18. The van der Waals surface area contributed by atoms with Crippen molar-refractivity contribution in [2.75, 3.05) is 7.11 Å². The molecule has 2 aromatic carbocycles. The SMILES string of the molecule is COc1ccc(OCc2noc(CNC(=O)c3c(F)cccc3F)n2)cc1. The topological polar surface area (TPSA) is 86.5 Å². The van der Waals surface area contributed by atoms with Crippen molar-refractivity contribution in [3.63, 3.8) is 0 Å². The zero-order valence-electron chi connectivity index (χ0n) is 14.2. The number of aromatic nitrogens is 2. The lowest BCUT2D eigenvalue weighted by atomic mass is 10.2. The summed E-state index contributed by atoms with van der Waals surface area (Å²) >= 11 is 0. The Morgan fingerprint density at radius 1 is 1.11 bits per heavy atom.